The standard InChI is InChI=1S/C10H12BrI/c1-8-5-9(3-2-4-11)7-10(12)6-8/h5-7H,2-4H2,1H3. The van der Waals surface area contributed by atoms with Crippen molar-refractivity contribution in [3.05, 3.63) is 32.9 Å². The summed E-state index contributed by atoms with van der Waals surface area (Å²) in [7, 11) is 0. The average Bonchev–Trinajstić information content (AvgIpc) is 1.99. The number of rotatable bonds is 3. The van der Waals surface area contributed by atoms with Crippen LogP contribution in [0.2, 0.25) is 0 Å². The Labute approximate surface area is 96.0 Å². The number of hydrogen-bond acceptors (Lipinski definition) is 0. The highest BCUT2D eigenvalue weighted by molar-refractivity contribution is 14.1. The fourth-order valence-electron chi connectivity index (χ4n) is 1.23. The van der Waals surface area contributed by atoms with Gasteiger partial charge in [-0.25, -0.2) is 0 Å². The van der Waals surface area contributed by atoms with E-state index in [1.807, 2.05) is 0 Å². The number of benzene rings is 1. The number of halogens is 2. The van der Waals surface area contributed by atoms with Gasteiger partial charge in [0, 0.05) is 8.90 Å². The molecular formula is C10H12BrI. The highest BCUT2D eigenvalue weighted by Gasteiger charge is 1.95. The molecule has 0 aliphatic heterocycles. The first-order valence-corrected chi connectivity index (χ1v) is 6.24. The summed E-state index contributed by atoms with van der Waals surface area (Å²) in [4.78, 5) is 0. The molecule has 0 atom stereocenters. The van der Waals surface area contributed by atoms with Crippen LogP contribution >= 0.6 is 38.5 Å². The number of hydrogen-bond donors (Lipinski definition) is 0. The zero-order valence-corrected chi connectivity index (χ0v) is 10.9. The van der Waals surface area contributed by atoms with E-state index in [0.717, 1.165) is 5.33 Å². The first kappa shape index (κ1) is 10.5. The van der Waals surface area contributed by atoms with Crippen molar-refractivity contribution in [3.63, 3.8) is 0 Å². The Hall–Kier alpha value is 0.430. The summed E-state index contributed by atoms with van der Waals surface area (Å²) in [6, 6.07) is 6.74. The van der Waals surface area contributed by atoms with Gasteiger partial charge in [-0.1, -0.05) is 22.0 Å². The lowest BCUT2D eigenvalue weighted by molar-refractivity contribution is 0.936. The quantitative estimate of drug-likeness (QED) is 0.578. The second-order valence-electron chi connectivity index (χ2n) is 2.93. The Kier molecular flexibility index (Phi) is 4.57. The largest absolute Gasteiger partial charge is 0.0928 e. The molecule has 0 aliphatic rings. The minimum absolute atomic E-state index is 1.09. The van der Waals surface area contributed by atoms with Crippen molar-refractivity contribution in [3.8, 4) is 0 Å². The Bertz CT molecular complexity index is 238. The summed E-state index contributed by atoms with van der Waals surface area (Å²) in [6.45, 7) is 2.15. The fraction of sp³-hybridized carbons (Fsp3) is 0.400. The maximum absolute atomic E-state index is 3.44. The molecule has 1 aromatic rings. The van der Waals surface area contributed by atoms with Crippen molar-refractivity contribution >= 4 is 38.5 Å². The van der Waals surface area contributed by atoms with Gasteiger partial charge < -0.3 is 0 Å². The van der Waals surface area contributed by atoms with E-state index in [0.29, 0.717) is 0 Å². The Morgan fingerprint density at radius 3 is 2.67 bits per heavy atom. The van der Waals surface area contributed by atoms with Crippen LogP contribution < -0.4 is 0 Å². The smallest absolute Gasteiger partial charge is 0.0135 e. The maximum atomic E-state index is 3.44. The minimum atomic E-state index is 1.09. The van der Waals surface area contributed by atoms with E-state index in [4.69, 9.17) is 0 Å². The van der Waals surface area contributed by atoms with E-state index >= 15 is 0 Å². The van der Waals surface area contributed by atoms with Crippen molar-refractivity contribution in [1.29, 1.82) is 0 Å². The molecule has 1 rings (SSSR count). The van der Waals surface area contributed by atoms with Crippen LogP contribution in [0.4, 0.5) is 0 Å². The Morgan fingerprint density at radius 1 is 1.33 bits per heavy atom. The molecular weight excluding hydrogens is 327 g/mol. The molecule has 0 heterocycles. The highest BCUT2D eigenvalue weighted by Crippen LogP contribution is 2.13. The van der Waals surface area contributed by atoms with Crippen molar-refractivity contribution in [2.45, 2.75) is 19.8 Å². The van der Waals surface area contributed by atoms with Gasteiger partial charge in [-0.05, 0) is 65.6 Å². The molecule has 0 aliphatic carbocycles. The van der Waals surface area contributed by atoms with E-state index < -0.39 is 0 Å². The zero-order valence-electron chi connectivity index (χ0n) is 7.11. The number of alkyl halides is 1. The molecule has 0 N–H and O–H groups in total. The van der Waals surface area contributed by atoms with Crippen LogP contribution in [0.25, 0.3) is 0 Å². The topological polar surface area (TPSA) is 0 Å². The van der Waals surface area contributed by atoms with E-state index in [9.17, 15) is 0 Å². The fourth-order valence-corrected chi connectivity index (χ4v) is 2.40. The SMILES string of the molecule is Cc1cc(I)cc(CCCBr)c1. The van der Waals surface area contributed by atoms with Crippen molar-refractivity contribution in [2.75, 3.05) is 5.33 Å². The third-order valence-corrected chi connectivity index (χ3v) is 2.88. The van der Waals surface area contributed by atoms with Crippen LogP contribution in [0.15, 0.2) is 18.2 Å². The van der Waals surface area contributed by atoms with Gasteiger partial charge in [0.15, 0.2) is 0 Å². The highest BCUT2D eigenvalue weighted by atomic mass is 127. The van der Waals surface area contributed by atoms with Crippen LogP contribution in [0, 0.1) is 10.5 Å². The van der Waals surface area contributed by atoms with E-state index in [-0.39, 0.29) is 0 Å². The van der Waals surface area contributed by atoms with Crippen molar-refractivity contribution in [2.24, 2.45) is 0 Å². The molecule has 0 fully saturated rings. The molecule has 0 bridgehead atoms. The summed E-state index contributed by atoms with van der Waals surface area (Å²) in [5.41, 5.74) is 2.82. The van der Waals surface area contributed by atoms with Gasteiger partial charge in [0.1, 0.15) is 0 Å². The van der Waals surface area contributed by atoms with E-state index in [2.05, 4.69) is 63.6 Å². The molecule has 0 amide bonds. The first-order chi connectivity index (χ1) is 5.72. The Balaban J connectivity index is 2.72. The van der Waals surface area contributed by atoms with Gasteiger partial charge in [-0.2, -0.15) is 0 Å². The lowest BCUT2D eigenvalue weighted by atomic mass is 10.1. The second kappa shape index (κ2) is 5.22. The molecule has 0 aromatic heterocycles. The minimum Gasteiger partial charge on any atom is -0.0928 e. The molecule has 0 radical (unpaired) electrons. The van der Waals surface area contributed by atoms with Crippen LogP contribution in [-0.4, -0.2) is 5.33 Å². The van der Waals surface area contributed by atoms with E-state index in [1.54, 1.807) is 0 Å². The molecule has 0 unspecified atom stereocenters. The van der Waals surface area contributed by atoms with Gasteiger partial charge in [-0.3, -0.25) is 0 Å². The summed E-state index contributed by atoms with van der Waals surface area (Å²) < 4.78 is 1.34. The molecule has 0 nitrogen and oxygen atoms in total. The van der Waals surface area contributed by atoms with Gasteiger partial charge in [0.2, 0.25) is 0 Å². The number of aryl methyl sites for hydroxylation is 2. The predicted octanol–water partition coefficient (Wildman–Crippen LogP) is 3.93. The third-order valence-electron chi connectivity index (χ3n) is 1.70. The average molecular weight is 339 g/mol. The van der Waals surface area contributed by atoms with Crippen LogP contribution in [0.3, 0.4) is 0 Å². The molecule has 2 heteroatoms. The summed E-state index contributed by atoms with van der Waals surface area (Å²) in [6.07, 6.45) is 2.41. The lowest BCUT2D eigenvalue weighted by Crippen LogP contribution is -1.88. The van der Waals surface area contributed by atoms with Crippen LogP contribution in [-0.2, 0) is 6.42 Å². The molecule has 0 saturated heterocycles. The van der Waals surface area contributed by atoms with Gasteiger partial charge >= 0.3 is 0 Å². The van der Waals surface area contributed by atoms with Gasteiger partial charge in [0.05, 0.1) is 0 Å². The first-order valence-electron chi connectivity index (χ1n) is 4.04. The van der Waals surface area contributed by atoms with E-state index in [1.165, 1.54) is 27.5 Å². The molecule has 0 spiro atoms. The molecule has 66 valence electrons. The van der Waals surface area contributed by atoms with Gasteiger partial charge in [-0.15, -0.1) is 0 Å². The summed E-state index contributed by atoms with van der Waals surface area (Å²) >= 11 is 5.81. The molecule has 0 saturated carbocycles. The van der Waals surface area contributed by atoms with Gasteiger partial charge in [0.25, 0.3) is 0 Å². The van der Waals surface area contributed by atoms with Crippen LogP contribution in [0.1, 0.15) is 17.5 Å². The maximum Gasteiger partial charge on any atom is 0.0135 e. The third kappa shape index (κ3) is 3.44. The Morgan fingerprint density at radius 2 is 2.08 bits per heavy atom. The monoisotopic (exact) mass is 338 g/mol. The predicted molar refractivity (Wildman–Crippen MR) is 66.0 cm³/mol. The molecule has 1 aromatic carbocycles. The van der Waals surface area contributed by atoms with Crippen molar-refractivity contribution < 1.29 is 0 Å². The second-order valence-corrected chi connectivity index (χ2v) is 4.97. The zero-order chi connectivity index (χ0) is 8.97. The summed E-state index contributed by atoms with van der Waals surface area (Å²) in [5.74, 6) is 0. The van der Waals surface area contributed by atoms with Crippen LogP contribution in [0.5, 0.6) is 0 Å². The molecule has 12 heavy (non-hydrogen) atoms. The van der Waals surface area contributed by atoms with Crippen molar-refractivity contribution in [1.82, 2.24) is 0 Å². The normalized spacial score (nSPS) is 10.2. The summed E-state index contributed by atoms with van der Waals surface area (Å²) in [5, 5.41) is 1.09. The lowest BCUT2D eigenvalue weighted by Gasteiger charge is -2.02.